The number of hydrogen-bond donors (Lipinski definition) is 5. The van der Waals surface area contributed by atoms with Gasteiger partial charge in [0.1, 0.15) is 29.9 Å². The highest BCUT2D eigenvalue weighted by Gasteiger charge is 2.51. The number of hydrogen-bond acceptors (Lipinski definition) is 8. The van der Waals surface area contributed by atoms with Gasteiger partial charge < -0.3 is 30.1 Å². The number of halogens is 1. The van der Waals surface area contributed by atoms with Gasteiger partial charge >= 0.3 is 7.82 Å². The highest BCUT2D eigenvalue weighted by atomic mass is 35.5. The fourth-order valence-electron chi connectivity index (χ4n) is 4.06. The van der Waals surface area contributed by atoms with Gasteiger partial charge in [0.25, 0.3) is 0 Å². The number of ether oxygens (including phenoxy) is 1. The van der Waals surface area contributed by atoms with Gasteiger partial charge in [-0.15, -0.1) is 23.4 Å². The van der Waals surface area contributed by atoms with Crippen LogP contribution in [0.25, 0.3) is 0 Å². The summed E-state index contributed by atoms with van der Waals surface area (Å²) in [5.74, 6) is 0.146. The second-order valence-corrected chi connectivity index (χ2v) is 10.7. The van der Waals surface area contributed by atoms with Crippen LogP contribution in [0.5, 0.6) is 0 Å². The normalized spacial score (nSPS) is 37.7. The summed E-state index contributed by atoms with van der Waals surface area (Å²) < 4.78 is 21.8. The number of likely N-dealkylation sites (tertiary alicyclic amines) is 1. The van der Waals surface area contributed by atoms with Crippen LogP contribution in [-0.2, 0) is 18.6 Å². The molecule has 0 aromatic heterocycles. The van der Waals surface area contributed by atoms with Crippen molar-refractivity contribution in [2.45, 2.75) is 74.0 Å². The Bertz CT molecular complexity index is 641. The van der Waals surface area contributed by atoms with E-state index in [1.54, 1.807) is 13.2 Å². The van der Waals surface area contributed by atoms with Crippen molar-refractivity contribution < 1.29 is 38.6 Å². The van der Waals surface area contributed by atoms with Gasteiger partial charge in [-0.25, -0.2) is 4.57 Å². The lowest BCUT2D eigenvalue weighted by molar-refractivity contribution is -0.201. The van der Waals surface area contributed by atoms with E-state index in [9.17, 15) is 29.4 Å². The second-order valence-electron chi connectivity index (χ2n) is 7.92. The van der Waals surface area contributed by atoms with Crippen molar-refractivity contribution in [3.63, 3.8) is 0 Å². The quantitative estimate of drug-likeness (QED) is 0.234. The molecule has 2 aliphatic rings. The van der Waals surface area contributed by atoms with E-state index in [-0.39, 0.29) is 11.9 Å². The highest BCUT2D eigenvalue weighted by molar-refractivity contribution is 7.99. The van der Waals surface area contributed by atoms with E-state index < -0.39 is 49.1 Å². The Morgan fingerprint density at radius 1 is 1.40 bits per heavy atom. The molecule has 0 unspecified atom stereocenters. The molecule has 0 aliphatic carbocycles. The minimum absolute atomic E-state index is 0.263. The summed E-state index contributed by atoms with van der Waals surface area (Å²) in [6.07, 6.45) is -2.59. The SMILES string of the molecule is CC[C@@H]1C[C@@H](C(=O)N[C@@H]([C@H]2O[C@H](SC)[C@H](O)[C@@H](OP(=O)(O)O)[C@H]2O)[C@H](C)Cl)N(C)C1. The van der Waals surface area contributed by atoms with Crippen LogP contribution in [0.4, 0.5) is 0 Å². The van der Waals surface area contributed by atoms with Gasteiger partial charge in [-0.1, -0.05) is 13.3 Å². The van der Waals surface area contributed by atoms with Crippen molar-refractivity contribution in [3.05, 3.63) is 0 Å². The number of aliphatic hydroxyl groups is 2. The standard InChI is InChI=1S/C17H32ClN2O8PS/c1-5-9-6-10(20(3)7-9)16(23)19-11(8(2)18)14-12(21)15(28-29(24,25)26)13(22)17(27-14)30-4/h8-15,17,21-22H,5-7H2,1-4H3,(H,19,23)(H2,24,25,26)/t8-,9+,10-,11+,12-,13+,14+,15-,17+/m0/s1. The minimum atomic E-state index is -5.00. The fraction of sp³-hybridized carbons (Fsp3) is 0.941. The number of carbonyl (C=O) groups is 1. The Labute approximate surface area is 185 Å². The first-order valence-electron chi connectivity index (χ1n) is 9.82. The lowest BCUT2D eigenvalue weighted by Gasteiger charge is -2.45. The summed E-state index contributed by atoms with van der Waals surface area (Å²) in [5, 5.41) is 23.2. The first-order chi connectivity index (χ1) is 13.9. The van der Waals surface area contributed by atoms with Gasteiger partial charge in [0.15, 0.2) is 0 Å². The van der Waals surface area contributed by atoms with Crippen LogP contribution in [-0.4, -0.2) is 98.0 Å². The number of nitrogens with one attached hydrogen (secondary N) is 1. The Balaban J connectivity index is 2.22. The van der Waals surface area contributed by atoms with Gasteiger partial charge in [0.2, 0.25) is 5.91 Å². The number of carbonyl (C=O) groups excluding carboxylic acids is 1. The summed E-state index contributed by atoms with van der Waals surface area (Å²) in [6.45, 7) is 4.49. The molecule has 2 rings (SSSR count). The third-order valence-electron chi connectivity index (χ3n) is 5.74. The van der Waals surface area contributed by atoms with E-state index in [1.165, 1.54) is 0 Å². The highest BCUT2D eigenvalue weighted by Crippen LogP contribution is 2.43. The number of rotatable bonds is 8. The average molecular weight is 491 g/mol. The largest absolute Gasteiger partial charge is 0.470 e. The molecule has 0 saturated carbocycles. The number of aliphatic hydroxyl groups excluding tert-OH is 2. The first kappa shape index (κ1) is 26.3. The molecule has 30 heavy (non-hydrogen) atoms. The summed E-state index contributed by atoms with van der Waals surface area (Å²) in [6, 6.07) is -1.23. The number of nitrogens with zero attached hydrogens (tertiary/aromatic N) is 1. The maximum Gasteiger partial charge on any atom is 0.470 e. The average Bonchev–Trinajstić information content (AvgIpc) is 3.03. The molecule has 2 heterocycles. The molecule has 0 radical (unpaired) electrons. The van der Waals surface area contributed by atoms with Crippen molar-refractivity contribution in [3.8, 4) is 0 Å². The molecular formula is C17H32ClN2O8PS. The summed E-state index contributed by atoms with van der Waals surface area (Å²) >= 11 is 7.40. The Morgan fingerprint density at radius 3 is 2.50 bits per heavy atom. The van der Waals surface area contributed by atoms with E-state index in [0.29, 0.717) is 12.3 Å². The van der Waals surface area contributed by atoms with Crippen molar-refractivity contribution in [1.82, 2.24) is 10.2 Å². The molecule has 2 saturated heterocycles. The van der Waals surface area contributed by atoms with Gasteiger partial charge in [-0.3, -0.25) is 14.2 Å². The molecule has 0 spiro atoms. The smallest absolute Gasteiger partial charge is 0.387 e. The maximum absolute atomic E-state index is 12.9. The molecule has 1 amide bonds. The predicted molar refractivity (Wildman–Crippen MR) is 113 cm³/mol. The molecule has 13 heteroatoms. The third-order valence-corrected chi connectivity index (χ3v) is 7.39. The molecular weight excluding hydrogens is 459 g/mol. The van der Waals surface area contributed by atoms with Crippen LogP contribution in [0.15, 0.2) is 0 Å². The van der Waals surface area contributed by atoms with Crippen molar-refractivity contribution in [1.29, 1.82) is 0 Å². The maximum atomic E-state index is 12.9. The van der Waals surface area contributed by atoms with Crippen LogP contribution in [0, 0.1) is 5.92 Å². The zero-order valence-electron chi connectivity index (χ0n) is 17.4. The van der Waals surface area contributed by atoms with Gasteiger partial charge in [-0.05, 0) is 32.6 Å². The summed E-state index contributed by atoms with van der Waals surface area (Å²) in [5.41, 5.74) is -0.941. The third kappa shape index (κ3) is 6.31. The number of phosphoric acid groups is 1. The van der Waals surface area contributed by atoms with Crippen LogP contribution in [0.2, 0.25) is 0 Å². The molecule has 176 valence electrons. The van der Waals surface area contributed by atoms with E-state index in [1.807, 2.05) is 11.9 Å². The van der Waals surface area contributed by atoms with E-state index in [4.69, 9.17) is 16.3 Å². The molecule has 5 N–H and O–H groups in total. The Kier molecular flexibility index (Phi) is 9.46. The van der Waals surface area contributed by atoms with Crippen LogP contribution < -0.4 is 5.32 Å². The molecule has 10 nitrogen and oxygen atoms in total. The van der Waals surface area contributed by atoms with Gasteiger partial charge in [0.05, 0.1) is 17.5 Å². The van der Waals surface area contributed by atoms with E-state index in [0.717, 1.165) is 24.7 Å². The Hall–Kier alpha value is 0.0600. The number of amides is 1. The lowest BCUT2D eigenvalue weighted by atomic mass is 9.92. The van der Waals surface area contributed by atoms with Crippen LogP contribution >= 0.6 is 31.2 Å². The van der Waals surface area contributed by atoms with Gasteiger partial charge in [0, 0.05) is 6.54 Å². The number of likely N-dealkylation sites (N-methyl/N-ethyl adjacent to an activating group) is 1. The zero-order chi connectivity index (χ0) is 22.8. The molecule has 9 atom stereocenters. The first-order valence-corrected chi connectivity index (χ1v) is 13.1. The van der Waals surface area contributed by atoms with Crippen LogP contribution in [0.3, 0.4) is 0 Å². The second kappa shape index (κ2) is 10.8. The number of alkyl halides is 1. The van der Waals surface area contributed by atoms with Crippen molar-refractivity contribution in [2.24, 2.45) is 5.92 Å². The number of thioether (sulfide) groups is 1. The molecule has 2 fully saturated rings. The molecule has 2 aliphatic heterocycles. The predicted octanol–water partition coefficient (Wildman–Crippen LogP) is 0.116. The van der Waals surface area contributed by atoms with Gasteiger partial charge in [-0.2, -0.15) is 0 Å². The molecule has 0 aromatic carbocycles. The zero-order valence-corrected chi connectivity index (χ0v) is 19.9. The minimum Gasteiger partial charge on any atom is -0.387 e. The fourth-order valence-corrected chi connectivity index (χ4v) is 5.51. The lowest BCUT2D eigenvalue weighted by Crippen LogP contribution is -2.65. The monoisotopic (exact) mass is 490 g/mol. The van der Waals surface area contributed by atoms with Crippen LogP contribution in [0.1, 0.15) is 26.7 Å². The van der Waals surface area contributed by atoms with Crippen molar-refractivity contribution >= 4 is 37.1 Å². The topological polar surface area (TPSA) is 149 Å². The van der Waals surface area contributed by atoms with Crippen molar-refractivity contribution in [2.75, 3.05) is 19.8 Å². The van der Waals surface area contributed by atoms with E-state index >= 15 is 0 Å². The Morgan fingerprint density at radius 2 is 2.03 bits per heavy atom. The summed E-state index contributed by atoms with van der Waals surface area (Å²) in [4.78, 5) is 33.3. The number of phosphoric ester groups is 1. The molecule has 0 bridgehead atoms. The van der Waals surface area contributed by atoms with E-state index in [2.05, 4.69) is 16.8 Å². The summed E-state index contributed by atoms with van der Waals surface area (Å²) in [7, 11) is -3.13. The molecule has 0 aromatic rings.